The Morgan fingerprint density at radius 2 is 2.50 bits per heavy atom. The van der Waals surface area contributed by atoms with Gasteiger partial charge in [0, 0.05) is 11.2 Å². The predicted molar refractivity (Wildman–Crippen MR) is 56.1 cm³/mol. The molecule has 14 heavy (non-hydrogen) atoms. The van der Waals surface area contributed by atoms with Gasteiger partial charge < -0.3 is 11.1 Å². The maximum Gasteiger partial charge on any atom is 0.242 e. The first-order valence-electron chi connectivity index (χ1n) is 4.31. The minimum absolute atomic E-state index is 0.248. The molecule has 1 heterocycles. The van der Waals surface area contributed by atoms with Crippen LogP contribution in [-0.4, -0.2) is 16.9 Å². The van der Waals surface area contributed by atoms with Crippen molar-refractivity contribution in [3.63, 3.8) is 0 Å². The zero-order valence-corrected chi connectivity index (χ0v) is 8.58. The third-order valence-corrected chi connectivity index (χ3v) is 1.98. The number of pyridine rings is 1. The van der Waals surface area contributed by atoms with Crippen LogP contribution in [0.15, 0.2) is 18.3 Å². The van der Waals surface area contributed by atoms with Gasteiger partial charge >= 0.3 is 0 Å². The number of aromatic nitrogens is 1. The monoisotopic (exact) mass is 213 g/mol. The highest BCUT2D eigenvalue weighted by atomic mass is 35.5. The Balaban J connectivity index is 2.65. The number of rotatable bonds is 3. The molecular weight excluding hydrogens is 202 g/mol. The molecule has 1 unspecified atom stereocenters. The Hall–Kier alpha value is -1.13. The van der Waals surface area contributed by atoms with Gasteiger partial charge in [0.2, 0.25) is 5.91 Å². The van der Waals surface area contributed by atoms with Crippen LogP contribution in [0.1, 0.15) is 13.3 Å². The molecule has 1 aromatic rings. The normalized spacial score (nSPS) is 12.2. The molecule has 76 valence electrons. The molecule has 0 aliphatic carbocycles. The molecule has 0 aromatic carbocycles. The highest BCUT2D eigenvalue weighted by Gasteiger charge is 2.11. The standard InChI is InChI=1S/C9H12ClN3O/c1-2-7(11)9(14)13-8-5-6(10)3-4-12-8/h3-5,7H,2,11H2,1H3,(H,12,13,14). The lowest BCUT2D eigenvalue weighted by Gasteiger charge is -2.08. The van der Waals surface area contributed by atoms with Crippen LogP contribution in [0.4, 0.5) is 5.82 Å². The second kappa shape index (κ2) is 4.93. The Labute approximate surface area is 87.5 Å². The Morgan fingerprint density at radius 3 is 3.07 bits per heavy atom. The predicted octanol–water partition coefficient (Wildman–Crippen LogP) is 1.41. The molecule has 0 radical (unpaired) electrons. The zero-order chi connectivity index (χ0) is 10.6. The van der Waals surface area contributed by atoms with Gasteiger partial charge in [0.05, 0.1) is 6.04 Å². The SMILES string of the molecule is CCC(N)C(=O)Nc1cc(Cl)ccn1. The molecule has 1 amide bonds. The van der Waals surface area contributed by atoms with E-state index in [1.807, 2.05) is 6.92 Å². The maximum atomic E-state index is 11.3. The number of nitrogens with two attached hydrogens (primary N) is 1. The van der Waals surface area contributed by atoms with Crippen molar-refractivity contribution in [1.29, 1.82) is 0 Å². The largest absolute Gasteiger partial charge is 0.320 e. The number of carbonyl (C=O) groups is 1. The molecule has 0 spiro atoms. The number of hydrogen-bond donors (Lipinski definition) is 2. The quantitative estimate of drug-likeness (QED) is 0.798. The number of anilines is 1. The fraction of sp³-hybridized carbons (Fsp3) is 0.333. The lowest BCUT2D eigenvalue weighted by Crippen LogP contribution is -2.35. The van der Waals surface area contributed by atoms with Gasteiger partial charge in [0.25, 0.3) is 0 Å². The minimum Gasteiger partial charge on any atom is -0.320 e. The molecule has 4 nitrogen and oxygen atoms in total. The number of nitrogens with zero attached hydrogens (tertiary/aromatic N) is 1. The van der Waals surface area contributed by atoms with Crippen LogP contribution in [0, 0.1) is 0 Å². The van der Waals surface area contributed by atoms with Crippen LogP contribution in [-0.2, 0) is 4.79 Å². The smallest absolute Gasteiger partial charge is 0.242 e. The van der Waals surface area contributed by atoms with Crippen LogP contribution in [0.25, 0.3) is 0 Å². The van der Waals surface area contributed by atoms with Gasteiger partial charge in [-0.05, 0) is 18.6 Å². The lowest BCUT2D eigenvalue weighted by atomic mass is 10.2. The molecule has 1 rings (SSSR count). The van der Waals surface area contributed by atoms with Crippen LogP contribution in [0.2, 0.25) is 5.02 Å². The average molecular weight is 214 g/mol. The third kappa shape index (κ3) is 2.97. The van der Waals surface area contributed by atoms with E-state index in [1.165, 1.54) is 6.20 Å². The van der Waals surface area contributed by atoms with E-state index in [1.54, 1.807) is 12.1 Å². The van der Waals surface area contributed by atoms with Crippen molar-refractivity contribution in [2.45, 2.75) is 19.4 Å². The van der Waals surface area contributed by atoms with Gasteiger partial charge in [0.1, 0.15) is 5.82 Å². The molecule has 3 N–H and O–H groups in total. The molecule has 1 aromatic heterocycles. The van der Waals surface area contributed by atoms with E-state index < -0.39 is 6.04 Å². The summed E-state index contributed by atoms with van der Waals surface area (Å²) in [6, 6.07) is 2.70. The maximum absolute atomic E-state index is 11.3. The topological polar surface area (TPSA) is 68.0 Å². The summed E-state index contributed by atoms with van der Waals surface area (Å²) in [6.45, 7) is 1.84. The first-order valence-corrected chi connectivity index (χ1v) is 4.69. The Morgan fingerprint density at radius 1 is 1.79 bits per heavy atom. The van der Waals surface area contributed by atoms with E-state index in [2.05, 4.69) is 10.3 Å². The number of carbonyl (C=O) groups excluding carboxylic acids is 1. The summed E-state index contributed by atoms with van der Waals surface area (Å²) in [6.07, 6.45) is 2.11. The molecule has 1 atom stereocenters. The van der Waals surface area contributed by atoms with Crippen molar-refractivity contribution in [3.8, 4) is 0 Å². The van der Waals surface area contributed by atoms with E-state index in [9.17, 15) is 4.79 Å². The fourth-order valence-corrected chi connectivity index (χ4v) is 1.04. The molecular formula is C9H12ClN3O. The van der Waals surface area contributed by atoms with Gasteiger partial charge in [-0.3, -0.25) is 4.79 Å². The van der Waals surface area contributed by atoms with Crippen LogP contribution in [0.3, 0.4) is 0 Å². The van der Waals surface area contributed by atoms with Crippen LogP contribution >= 0.6 is 11.6 Å². The summed E-state index contributed by atoms with van der Waals surface area (Å²) >= 11 is 5.72. The number of nitrogens with one attached hydrogen (secondary N) is 1. The second-order valence-corrected chi connectivity index (χ2v) is 3.30. The number of halogens is 1. The average Bonchev–Trinajstić information content (AvgIpc) is 2.16. The third-order valence-electron chi connectivity index (χ3n) is 1.75. The van der Waals surface area contributed by atoms with Gasteiger partial charge in [-0.25, -0.2) is 4.98 Å². The summed E-state index contributed by atoms with van der Waals surface area (Å²) in [5.74, 6) is 0.175. The van der Waals surface area contributed by atoms with Crippen LogP contribution in [0.5, 0.6) is 0 Å². The van der Waals surface area contributed by atoms with Crippen molar-refractivity contribution in [1.82, 2.24) is 4.98 Å². The molecule has 0 bridgehead atoms. The summed E-state index contributed by atoms with van der Waals surface area (Å²) in [7, 11) is 0. The van der Waals surface area contributed by atoms with E-state index in [4.69, 9.17) is 17.3 Å². The minimum atomic E-state index is -0.504. The summed E-state index contributed by atoms with van der Waals surface area (Å²) in [4.78, 5) is 15.3. The summed E-state index contributed by atoms with van der Waals surface area (Å²) in [5.41, 5.74) is 5.53. The van der Waals surface area contributed by atoms with Gasteiger partial charge in [-0.2, -0.15) is 0 Å². The first-order chi connectivity index (χ1) is 6.63. The zero-order valence-electron chi connectivity index (χ0n) is 7.83. The van der Waals surface area contributed by atoms with Gasteiger partial charge in [-0.15, -0.1) is 0 Å². The molecule has 0 saturated heterocycles. The molecule has 0 aliphatic heterocycles. The van der Waals surface area contributed by atoms with Crippen molar-refractivity contribution >= 4 is 23.3 Å². The van der Waals surface area contributed by atoms with E-state index in [0.29, 0.717) is 17.3 Å². The highest BCUT2D eigenvalue weighted by molar-refractivity contribution is 6.30. The Kier molecular flexibility index (Phi) is 3.85. The second-order valence-electron chi connectivity index (χ2n) is 2.86. The fourth-order valence-electron chi connectivity index (χ4n) is 0.877. The number of hydrogen-bond acceptors (Lipinski definition) is 3. The lowest BCUT2D eigenvalue weighted by molar-refractivity contribution is -0.117. The molecule has 5 heteroatoms. The molecule has 0 aliphatic rings. The first kappa shape index (κ1) is 10.9. The molecule has 0 fully saturated rings. The van der Waals surface area contributed by atoms with E-state index >= 15 is 0 Å². The summed E-state index contributed by atoms with van der Waals surface area (Å²) < 4.78 is 0. The van der Waals surface area contributed by atoms with Gasteiger partial charge in [-0.1, -0.05) is 18.5 Å². The van der Waals surface area contributed by atoms with E-state index in [0.717, 1.165) is 0 Å². The van der Waals surface area contributed by atoms with Crippen molar-refractivity contribution in [2.75, 3.05) is 5.32 Å². The van der Waals surface area contributed by atoms with Crippen molar-refractivity contribution < 1.29 is 4.79 Å². The number of amides is 1. The van der Waals surface area contributed by atoms with Crippen LogP contribution < -0.4 is 11.1 Å². The van der Waals surface area contributed by atoms with Crippen molar-refractivity contribution in [2.24, 2.45) is 5.73 Å². The highest BCUT2D eigenvalue weighted by Crippen LogP contribution is 2.11. The molecule has 0 saturated carbocycles. The Bertz CT molecular complexity index is 330. The van der Waals surface area contributed by atoms with E-state index in [-0.39, 0.29) is 5.91 Å². The summed E-state index contributed by atoms with van der Waals surface area (Å²) in [5, 5.41) is 3.10. The van der Waals surface area contributed by atoms with Gasteiger partial charge in [0.15, 0.2) is 0 Å². The van der Waals surface area contributed by atoms with Crippen molar-refractivity contribution in [3.05, 3.63) is 23.4 Å².